The number of halogens is 3. The van der Waals surface area contributed by atoms with Crippen molar-refractivity contribution in [2.24, 2.45) is 0 Å². The molecule has 0 bridgehead atoms. The Balaban J connectivity index is 2.06. The molecular weight excluding hydrogens is 287 g/mol. The Hall–Kier alpha value is -1.76. The van der Waals surface area contributed by atoms with Crippen LogP contribution in [0.25, 0.3) is 0 Å². The van der Waals surface area contributed by atoms with Crippen LogP contribution >= 0.6 is 11.3 Å². The molecule has 1 aromatic carbocycles. The highest BCUT2D eigenvalue weighted by atomic mass is 32.1. The van der Waals surface area contributed by atoms with Crippen LogP contribution in [-0.2, 0) is 12.6 Å². The molecule has 0 saturated carbocycles. The third-order valence-electron chi connectivity index (χ3n) is 2.67. The molecule has 1 aromatic heterocycles. The second kappa shape index (κ2) is 5.70. The van der Waals surface area contributed by atoms with Gasteiger partial charge in [-0.2, -0.15) is 13.2 Å². The van der Waals surface area contributed by atoms with Crippen molar-refractivity contribution in [3.05, 3.63) is 39.8 Å². The van der Waals surface area contributed by atoms with Crippen molar-refractivity contribution in [3.63, 3.8) is 0 Å². The van der Waals surface area contributed by atoms with Crippen LogP contribution in [0.2, 0.25) is 0 Å². The van der Waals surface area contributed by atoms with Gasteiger partial charge >= 0.3 is 6.18 Å². The maximum absolute atomic E-state index is 12.9. The molecule has 3 N–H and O–H groups in total. The molecule has 0 spiro atoms. The Bertz CT molecular complexity index is 593. The van der Waals surface area contributed by atoms with E-state index in [1.807, 2.05) is 12.3 Å². The predicted octanol–water partition coefficient (Wildman–Crippen LogP) is 3.71. The summed E-state index contributed by atoms with van der Waals surface area (Å²) in [5.41, 5.74) is 5.73. The number of nitrogens with two attached hydrogens (primary N) is 1. The van der Waals surface area contributed by atoms with Gasteiger partial charge in [-0.05, 0) is 25.1 Å². The van der Waals surface area contributed by atoms with Crippen molar-refractivity contribution in [2.75, 3.05) is 17.6 Å². The minimum absolute atomic E-state index is 0.0416. The Kier molecular flexibility index (Phi) is 4.17. The molecule has 2 rings (SSSR count). The molecule has 0 fully saturated rings. The number of aryl methyl sites for hydroxylation is 1. The van der Waals surface area contributed by atoms with Crippen molar-refractivity contribution in [3.8, 4) is 0 Å². The van der Waals surface area contributed by atoms with Crippen molar-refractivity contribution >= 4 is 22.7 Å². The molecule has 0 aliphatic carbocycles. The Morgan fingerprint density at radius 3 is 2.70 bits per heavy atom. The molecule has 108 valence electrons. The molecule has 2 aromatic rings. The zero-order valence-corrected chi connectivity index (χ0v) is 11.6. The number of thiazole rings is 1. The van der Waals surface area contributed by atoms with E-state index in [9.17, 15) is 13.2 Å². The van der Waals surface area contributed by atoms with Gasteiger partial charge < -0.3 is 11.1 Å². The van der Waals surface area contributed by atoms with E-state index < -0.39 is 11.7 Å². The van der Waals surface area contributed by atoms with Crippen LogP contribution in [0.3, 0.4) is 0 Å². The molecule has 0 saturated heterocycles. The number of benzene rings is 1. The van der Waals surface area contributed by atoms with Gasteiger partial charge in [-0.3, -0.25) is 0 Å². The summed E-state index contributed by atoms with van der Waals surface area (Å²) < 4.78 is 38.6. The zero-order valence-electron chi connectivity index (χ0n) is 10.8. The van der Waals surface area contributed by atoms with Gasteiger partial charge in [-0.15, -0.1) is 11.3 Å². The second-order valence-corrected chi connectivity index (χ2v) is 5.30. The molecule has 3 nitrogen and oxygen atoms in total. The SMILES string of the molecule is Cc1csc(CCNc2ccc(N)cc2C(F)(F)F)n1. The summed E-state index contributed by atoms with van der Waals surface area (Å²) in [6.45, 7) is 2.27. The fourth-order valence-corrected chi connectivity index (χ4v) is 2.55. The fourth-order valence-electron chi connectivity index (χ4n) is 1.77. The number of alkyl halides is 3. The van der Waals surface area contributed by atoms with Gasteiger partial charge in [0.1, 0.15) is 0 Å². The van der Waals surface area contributed by atoms with E-state index in [1.54, 1.807) is 0 Å². The first-order chi connectivity index (χ1) is 9.36. The lowest BCUT2D eigenvalue weighted by Gasteiger charge is -2.14. The van der Waals surface area contributed by atoms with Gasteiger partial charge in [-0.25, -0.2) is 4.98 Å². The van der Waals surface area contributed by atoms with Crippen LogP contribution in [0.4, 0.5) is 24.5 Å². The first-order valence-electron chi connectivity index (χ1n) is 5.98. The molecule has 0 atom stereocenters. The standard InChI is InChI=1S/C13H14F3N3S/c1-8-7-20-12(19-8)4-5-18-11-3-2-9(17)6-10(11)13(14,15)16/h2-3,6-7,18H,4-5,17H2,1H3. The van der Waals surface area contributed by atoms with E-state index in [0.717, 1.165) is 16.8 Å². The highest BCUT2D eigenvalue weighted by Crippen LogP contribution is 2.36. The summed E-state index contributed by atoms with van der Waals surface area (Å²) in [5.74, 6) is 0. The fraction of sp³-hybridized carbons (Fsp3) is 0.308. The lowest BCUT2D eigenvalue weighted by Crippen LogP contribution is -2.13. The molecule has 0 amide bonds. The molecule has 0 radical (unpaired) electrons. The van der Waals surface area contributed by atoms with E-state index in [0.29, 0.717) is 13.0 Å². The van der Waals surface area contributed by atoms with Gasteiger partial charge in [0.25, 0.3) is 0 Å². The summed E-state index contributed by atoms with van der Waals surface area (Å²) in [7, 11) is 0. The monoisotopic (exact) mass is 301 g/mol. The van der Waals surface area contributed by atoms with Gasteiger partial charge in [0, 0.05) is 35.4 Å². The number of nitrogens with zero attached hydrogens (tertiary/aromatic N) is 1. The zero-order chi connectivity index (χ0) is 14.8. The molecule has 1 heterocycles. The third kappa shape index (κ3) is 3.63. The van der Waals surface area contributed by atoms with Crippen molar-refractivity contribution in [2.45, 2.75) is 19.5 Å². The summed E-state index contributed by atoms with van der Waals surface area (Å²) >= 11 is 1.50. The van der Waals surface area contributed by atoms with E-state index in [1.165, 1.54) is 23.5 Å². The van der Waals surface area contributed by atoms with Gasteiger partial charge in [0.05, 0.1) is 10.6 Å². The first-order valence-corrected chi connectivity index (χ1v) is 6.86. The third-order valence-corrected chi connectivity index (χ3v) is 3.70. The topological polar surface area (TPSA) is 50.9 Å². The highest BCUT2D eigenvalue weighted by molar-refractivity contribution is 7.09. The maximum Gasteiger partial charge on any atom is 0.418 e. The van der Waals surface area contributed by atoms with Crippen LogP contribution in [-0.4, -0.2) is 11.5 Å². The number of rotatable bonds is 4. The Morgan fingerprint density at radius 2 is 2.10 bits per heavy atom. The van der Waals surface area contributed by atoms with E-state index in [2.05, 4.69) is 10.3 Å². The van der Waals surface area contributed by atoms with E-state index in [4.69, 9.17) is 5.73 Å². The summed E-state index contributed by atoms with van der Waals surface area (Å²) in [4.78, 5) is 4.26. The van der Waals surface area contributed by atoms with Crippen LogP contribution < -0.4 is 11.1 Å². The average molecular weight is 301 g/mol. The average Bonchev–Trinajstić information content (AvgIpc) is 2.76. The number of nitrogens with one attached hydrogen (secondary N) is 1. The second-order valence-electron chi connectivity index (χ2n) is 4.36. The number of hydrogen-bond donors (Lipinski definition) is 2. The minimum Gasteiger partial charge on any atom is -0.399 e. The van der Waals surface area contributed by atoms with Crippen LogP contribution in [0.1, 0.15) is 16.3 Å². The lowest BCUT2D eigenvalue weighted by molar-refractivity contribution is -0.136. The largest absolute Gasteiger partial charge is 0.418 e. The normalized spacial score (nSPS) is 11.6. The predicted molar refractivity (Wildman–Crippen MR) is 74.9 cm³/mol. The molecular formula is C13H14F3N3S. The van der Waals surface area contributed by atoms with E-state index in [-0.39, 0.29) is 11.4 Å². The smallest absolute Gasteiger partial charge is 0.399 e. The van der Waals surface area contributed by atoms with E-state index >= 15 is 0 Å². The molecule has 7 heteroatoms. The van der Waals surface area contributed by atoms with Gasteiger partial charge in [0.15, 0.2) is 0 Å². The highest BCUT2D eigenvalue weighted by Gasteiger charge is 2.33. The Labute approximate surface area is 118 Å². The summed E-state index contributed by atoms with van der Waals surface area (Å²) in [5, 5.41) is 5.61. The first kappa shape index (κ1) is 14.6. The number of aromatic nitrogens is 1. The molecule has 0 aliphatic rings. The van der Waals surface area contributed by atoms with Crippen LogP contribution in [0.5, 0.6) is 0 Å². The Morgan fingerprint density at radius 1 is 1.35 bits per heavy atom. The summed E-state index contributed by atoms with van der Waals surface area (Å²) in [6.07, 6.45) is -3.84. The van der Waals surface area contributed by atoms with Crippen LogP contribution in [0, 0.1) is 6.92 Å². The van der Waals surface area contributed by atoms with Crippen molar-refractivity contribution in [1.29, 1.82) is 0 Å². The molecule has 0 unspecified atom stereocenters. The quantitative estimate of drug-likeness (QED) is 0.846. The van der Waals surface area contributed by atoms with Gasteiger partial charge in [-0.1, -0.05) is 0 Å². The minimum atomic E-state index is -4.42. The van der Waals surface area contributed by atoms with Crippen molar-refractivity contribution < 1.29 is 13.2 Å². The molecule has 0 aliphatic heterocycles. The number of nitrogen functional groups attached to an aromatic ring is 1. The number of hydrogen-bond acceptors (Lipinski definition) is 4. The van der Waals surface area contributed by atoms with Crippen molar-refractivity contribution in [1.82, 2.24) is 4.98 Å². The van der Waals surface area contributed by atoms with Gasteiger partial charge in [0.2, 0.25) is 0 Å². The lowest BCUT2D eigenvalue weighted by atomic mass is 10.1. The molecule has 20 heavy (non-hydrogen) atoms. The number of anilines is 2. The maximum atomic E-state index is 12.9. The summed E-state index contributed by atoms with van der Waals surface area (Å²) in [6, 6.07) is 3.74. The van der Waals surface area contributed by atoms with Crippen LogP contribution in [0.15, 0.2) is 23.6 Å².